The predicted molar refractivity (Wildman–Crippen MR) is 115 cm³/mol. The molecule has 2 aromatic carbocycles. The Morgan fingerprint density at radius 1 is 1.00 bits per heavy atom. The minimum atomic E-state index is -0.0676. The van der Waals surface area contributed by atoms with Crippen LogP contribution in [-0.4, -0.2) is 39.8 Å². The number of hydrogen-bond donors (Lipinski definition) is 2. The quantitative estimate of drug-likeness (QED) is 0.654. The lowest BCUT2D eigenvalue weighted by Gasteiger charge is -2.22. The van der Waals surface area contributed by atoms with E-state index in [2.05, 4.69) is 48.4 Å². The van der Waals surface area contributed by atoms with Gasteiger partial charge in [-0.05, 0) is 62.2 Å². The maximum atomic E-state index is 12.2. The number of rotatable bonds is 10. The molecule has 6 heteroatoms. The van der Waals surface area contributed by atoms with E-state index in [0.717, 1.165) is 29.9 Å². The van der Waals surface area contributed by atoms with E-state index in [-0.39, 0.29) is 12.5 Å². The predicted octanol–water partition coefficient (Wildman–Crippen LogP) is 3.59. The van der Waals surface area contributed by atoms with Gasteiger partial charge in [0.1, 0.15) is 0 Å². The average Bonchev–Trinajstić information content (AvgIpc) is 2.72. The van der Waals surface area contributed by atoms with E-state index < -0.39 is 0 Å². The maximum absolute atomic E-state index is 12.2. The fourth-order valence-electron chi connectivity index (χ4n) is 3.06. The van der Waals surface area contributed by atoms with Gasteiger partial charge < -0.3 is 25.0 Å². The number of carbonyl (C=O) groups is 1. The fourth-order valence-corrected chi connectivity index (χ4v) is 3.06. The summed E-state index contributed by atoms with van der Waals surface area (Å²) in [7, 11) is 3.19. The summed E-state index contributed by atoms with van der Waals surface area (Å²) in [6.07, 6.45) is 0. The fraction of sp³-hybridized carbons (Fsp3) is 0.409. The Bertz CT molecular complexity index is 789. The Morgan fingerprint density at radius 3 is 2.32 bits per heavy atom. The molecule has 0 heterocycles. The van der Waals surface area contributed by atoms with Gasteiger partial charge in [0, 0.05) is 31.0 Å². The number of benzene rings is 2. The zero-order valence-electron chi connectivity index (χ0n) is 17.5. The number of nitrogens with one attached hydrogen (secondary N) is 2. The molecule has 0 atom stereocenters. The van der Waals surface area contributed by atoms with Crippen LogP contribution in [0.25, 0.3) is 0 Å². The summed E-state index contributed by atoms with van der Waals surface area (Å²) in [6.45, 7) is 8.94. The van der Waals surface area contributed by atoms with Crippen molar-refractivity contribution in [3.63, 3.8) is 0 Å². The minimum Gasteiger partial charge on any atom is -0.493 e. The van der Waals surface area contributed by atoms with Crippen molar-refractivity contribution < 1.29 is 14.3 Å². The van der Waals surface area contributed by atoms with Crippen molar-refractivity contribution in [1.82, 2.24) is 5.32 Å². The number of amides is 1. The van der Waals surface area contributed by atoms with Crippen LogP contribution in [0.15, 0.2) is 36.4 Å². The standard InChI is InChI=1S/C22H31N3O3/c1-6-25(7-2)18-9-10-19(16(3)12-18)23-15-22(26)24-14-17-8-11-20(27-4)21(13-17)28-5/h8-13,23H,6-7,14-15H2,1-5H3,(H,24,26). The molecule has 0 radical (unpaired) electrons. The number of anilines is 2. The molecular formula is C22H31N3O3. The first-order chi connectivity index (χ1) is 13.5. The van der Waals surface area contributed by atoms with E-state index >= 15 is 0 Å². The van der Waals surface area contributed by atoms with Crippen LogP contribution >= 0.6 is 0 Å². The Balaban J connectivity index is 1.89. The van der Waals surface area contributed by atoms with Crippen LogP contribution in [0, 0.1) is 6.92 Å². The Kier molecular flexibility index (Phi) is 7.99. The highest BCUT2D eigenvalue weighted by Crippen LogP contribution is 2.27. The monoisotopic (exact) mass is 385 g/mol. The highest BCUT2D eigenvalue weighted by molar-refractivity contribution is 5.81. The summed E-state index contributed by atoms with van der Waals surface area (Å²) in [5, 5.41) is 6.14. The minimum absolute atomic E-state index is 0.0676. The van der Waals surface area contributed by atoms with Gasteiger partial charge >= 0.3 is 0 Å². The van der Waals surface area contributed by atoms with Crippen LogP contribution in [0.1, 0.15) is 25.0 Å². The van der Waals surface area contributed by atoms with Crippen molar-refractivity contribution in [2.24, 2.45) is 0 Å². The third kappa shape index (κ3) is 5.55. The van der Waals surface area contributed by atoms with E-state index in [4.69, 9.17) is 9.47 Å². The van der Waals surface area contributed by atoms with E-state index in [1.165, 1.54) is 5.69 Å². The normalized spacial score (nSPS) is 10.3. The van der Waals surface area contributed by atoms with Crippen LogP contribution in [-0.2, 0) is 11.3 Å². The lowest BCUT2D eigenvalue weighted by Crippen LogP contribution is -2.29. The zero-order chi connectivity index (χ0) is 20.5. The molecule has 2 rings (SSSR count). The molecule has 6 nitrogen and oxygen atoms in total. The molecule has 0 aliphatic carbocycles. The summed E-state index contributed by atoms with van der Waals surface area (Å²) in [5.41, 5.74) is 4.24. The lowest BCUT2D eigenvalue weighted by atomic mass is 10.1. The second-order valence-electron chi connectivity index (χ2n) is 6.49. The molecule has 0 unspecified atom stereocenters. The first kappa shape index (κ1) is 21.4. The van der Waals surface area contributed by atoms with Gasteiger partial charge in [0.2, 0.25) is 5.91 Å². The highest BCUT2D eigenvalue weighted by Gasteiger charge is 2.08. The van der Waals surface area contributed by atoms with E-state index in [9.17, 15) is 4.79 Å². The third-order valence-corrected chi connectivity index (χ3v) is 4.72. The van der Waals surface area contributed by atoms with Crippen LogP contribution < -0.4 is 25.0 Å². The molecule has 152 valence electrons. The number of ether oxygens (including phenoxy) is 2. The molecule has 0 spiro atoms. The van der Waals surface area contributed by atoms with Gasteiger partial charge in [-0.3, -0.25) is 4.79 Å². The van der Waals surface area contributed by atoms with Crippen molar-refractivity contribution in [2.45, 2.75) is 27.3 Å². The van der Waals surface area contributed by atoms with Crippen molar-refractivity contribution in [1.29, 1.82) is 0 Å². The Labute approximate surface area is 167 Å². The Hall–Kier alpha value is -2.89. The summed E-state index contributed by atoms with van der Waals surface area (Å²) in [6, 6.07) is 11.9. The molecule has 0 saturated heterocycles. The van der Waals surface area contributed by atoms with Gasteiger partial charge in [-0.25, -0.2) is 0 Å². The van der Waals surface area contributed by atoms with Gasteiger partial charge in [-0.1, -0.05) is 6.07 Å². The van der Waals surface area contributed by atoms with Crippen molar-refractivity contribution in [3.05, 3.63) is 47.5 Å². The number of methoxy groups -OCH3 is 2. The molecule has 28 heavy (non-hydrogen) atoms. The molecule has 0 aliphatic heterocycles. The van der Waals surface area contributed by atoms with Crippen molar-refractivity contribution in [3.8, 4) is 11.5 Å². The highest BCUT2D eigenvalue weighted by atomic mass is 16.5. The molecular weight excluding hydrogens is 354 g/mol. The van der Waals surface area contributed by atoms with Crippen molar-refractivity contribution >= 4 is 17.3 Å². The van der Waals surface area contributed by atoms with Crippen LogP contribution in [0.4, 0.5) is 11.4 Å². The van der Waals surface area contributed by atoms with Gasteiger partial charge in [0.25, 0.3) is 0 Å². The molecule has 0 aliphatic rings. The van der Waals surface area contributed by atoms with Gasteiger partial charge in [-0.15, -0.1) is 0 Å². The molecule has 2 aromatic rings. The summed E-state index contributed by atoms with van der Waals surface area (Å²) in [4.78, 5) is 14.5. The molecule has 0 aromatic heterocycles. The number of aryl methyl sites for hydroxylation is 1. The van der Waals surface area contributed by atoms with E-state index in [0.29, 0.717) is 18.0 Å². The molecule has 0 saturated carbocycles. The topological polar surface area (TPSA) is 62.8 Å². The zero-order valence-corrected chi connectivity index (χ0v) is 17.5. The number of carbonyl (C=O) groups excluding carboxylic acids is 1. The maximum Gasteiger partial charge on any atom is 0.239 e. The molecule has 2 N–H and O–H groups in total. The first-order valence-electron chi connectivity index (χ1n) is 9.59. The second kappa shape index (κ2) is 10.4. The second-order valence-corrected chi connectivity index (χ2v) is 6.49. The molecule has 1 amide bonds. The van der Waals surface area contributed by atoms with Crippen molar-refractivity contribution in [2.75, 3.05) is 44.1 Å². The smallest absolute Gasteiger partial charge is 0.239 e. The Morgan fingerprint density at radius 2 is 1.71 bits per heavy atom. The number of nitrogens with zero attached hydrogens (tertiary/aromatic N) is 1. The average molecular weight is 386 g/mol. The third-order valence-electron chi connectivity index (χ3n) is 4.72. The summed E-state index contributed by atoms with van der Waals surface area (Å²) >= 11 is 0. The van der Waals surface area contributed by atoms with E-state index in [1.54, 1.807) is 14.2 Å². The van der Waals surface area contributed by atoms with E-state index in [1.807, 2.05) is 24.3 Å². The first-order valence-corrected chi connectivity index (χ1v) is 9.59. The van der Waals surface area contributed by atoms with Crippen LogP contribution in [0.2, 0.25) is 0 Å². The SMILES string of the molecule is CCN(CC)c1ccc(NCC(=O)NCc2ccc(OC)c(OC)c2)c(C)c1. The van der Waals surface area contributed by atoms with Crippen LogP contribution in [0.3, 0.4) is 0 Å². The summed E-state index contributed by atoms with van der Waals surface area (Å²) < 4.78 is 10.5. The molecule has 0 fully saturated rings. The summed E-state index contributed by atoms with van der Waals surface area (Å²) in [5.74, 6) is 1.25. The molecule has 0 bridgehead atoms. The van der Waals surface area contributed by atoms with Crippen LogP contribution in [0.5, 0.6) is 11.5 Å². The van der Waals surface area contributed by atoms with Gasteiger partial charge in [-0.2, -0.15) is 0 Å². The van der Waals surface area contributed by atoms with Gasteiger partial charge in [0.05, 0.1) is 20.8 Å². The largest absolute Gasteiger partial charge is 0.493 e. The van der Waals surface area contributed by atoms with Gasteiger partial charge in [0.15, 0.2) is 11.5 Å². The number of hydrogen-bond acceptors (Lipinski definition) is 5. The lowest BCUT2D eigenvalue weighted by molar-refractivity contribution is -0.119.